The van der Waals surface area contributed by atoms with Gasteiger partial charge in [0.1, 0.15) is 0 Å². The van der Waals surface area contributed by atoms with Gasteiger partial charge in [0.2, 0.25) is 5.70 Å². The Balaban J connectivity index is 3.88. The quantitative estimate of drug-likeness (QED) is 0.149. The van der Waals surface area contributed by atoms with Crippen LogP contribution >= 0.6 is 0 Å². The lowest BCUT2D eigenvalue weighted by Gasteiger charge is -2.00. The first-order chi connectivity index (χ1) is 11.7. The van der Waals surface area contributed by atoms with E-state index in [1.165, 1.54) is 25.7 Å². The average Bonchev–Trinajstić information content (AvgIpc) is 2.57. The van der Waals surface area contributed by atoms with E-state index in [1.807, 2.05) is 18.4 Å². The highest BCUT2D eigenvalue weighted by Gasteiger charge is 2.08. The molecule has 0 fully saturated rings. The molecule has 1 radical (unpaired) electrons. The molecule has 0 aromatic rings. The number of allylic oxidation sites excluding steroid dienone is 6. The van der Waals surface area contributed by atoms with Gasteiger partial charge in [0.25, 0.3) is 0 Å². The normalized spacial score (nSPS) is 12.3. The maximum Gasteiger partial charge on any atom is 0.242 e. The molecule has 0 amide bonds. The van der Waals surface area contributed by atoms with E-state index in [-0.39, 0.29) is 4.92 Å². The van der Waals surface area contributed by atoms with Gasteiger partial charge < -0.3 is 0 Å². The van der Waals surface area contributed by atoms with Gasteiger partial charge in [-0.15, -0.1) is 0 Å². The summed E-state index contributed by atoms with van der Waals surface area (Å²) in [6.07, 6.45) is 22.8. The average molecular weight is 334 g/mol. The number of unbranched alkanes of at least 4 members (excludes halogenated alkanes) is 7. The van der Waals surface area contributed by atoms with Crippen molar-refractivity contribution in [2.45, 2.75) is 84.0 Å². The Bertz CT molecular complexity index is 411. The fourth-order valence-electron chi connectivity index (χ4n) is 2.34. The molecule has 135 valence electrons. The Hall–Kier alpha value is -1.71. The molecule has 0 atom stereocenters. The van der Waals surface area contributed by atoms with Crippen LogP contribution in [0.25, 0.3) is 0 Å². The number of hydrogen-bond acceptors (Lipinski definition) is 3. The van der Waals surface area contributed by atoms with E-state index in [2.05, 4.69) is 19.1 Å². The highest BCUT2D eigenvalue weighted by Crippen LogP contribution is 2.13. The van der Waals surface area contributed by atoms with Crippen molar-refractivity contribution in [3.63, 3.8) is 0 Å². The minimum atomic E-state index is -0.246. The van der Waals surface area contributed by atoms with Gasteiger partial charge in [-0.2, -0.15) is 0 Å². The largest absolute Gasteiger partial charge is 0.291 e. The van der Waals surface area contributed by atoms with Crippen LogP contribution in [-0.2, 0) is 4.79 Å². The van der Waals surface area contributed by atoms with E-state index >= 15 is 0 Å². The molecule has 0 rings (SSSR count). The third-order valence-electron chi connectivity index (χ3n) is 3.77. The van der Waals surface area contributed by atoms with Crippen LogP contribution in [0.2, 0.25) is 0 Å². The van der Waals surface area contributed by atoms with Crippen LogP contribution in [0.15, 0.2) is 36.1 Å². The van der Waals surface area contributed by atoms with Crippen LogP contribution in [-0.4, -0.2) is 11.2 Å². The molecule has 0 aliphatic heterocycles. The fourth-order valence-corrected chi connectivity index (χ4v) is 2.34. The molecule has 24 heavy (non-hydrogen) atoms. The van der Waals surface area contributed by atoms with Crippen LogP contribution in [0.1, 0.15) is 84.0 Å². The molecular weight excluding hydrogens is 302 g/mol. The first-order valence-electron chi connectivity index (χ1n) is 9.20. The van der Waals surface area contributed by atoms with Crippen molar-refractivity contribution >= 4 is 6.29 Å². The summed E-state index contributed by atoms with van der Waals surface area (Å²) in [4.78, 5) is 20.8. The van der Waals surface area contributed by atoms with Gasteiger partial charge >= 0.3 is 0 Å². The Kier molecular flexibility index (Phi) is 16.4. The smallest absolute Gasteiger partial charge is 0.242 e. The second-order valence-electron chi connectivity index (χ2n) is 5.92. The van der Waals surface area contributed by atoms with E-state index in [1.54, 1.807) is 6.08 Å². The lowest BCUT2D eigenvalue weighted by Crippen LogP contribution is -1.98. The molecule has 0 heterocycles. The number of rotatable bonds is 16. The predicted molar refractivity (Wildman–Crippen MR) is 100 cm³/mol. The third-order valence-corrected chi connectivity index (χ3v) is 3.77. The second kappa shape index (κ2) is 17.6. The molecule has 0 aromatic heterocycles. The van der Waals surface area contributed by atoms with Crippen LogP contribution in [0, 0.1) is 10.1 Å². The first kappa shape index (κ1) is 22.3. The zero-order valence-electron chi connectivity index (χ0n) is 15.0. The summed E-state index contributed by atoms with van der Waals surface area (Å²) < 4.78 is 0. The Morgan fingerprint density at radius 3 is 2.33 bits per heavy atom. The monoisotopic (exact) mass is 334 g/mol. The molecule has 0 spiro atoms. The van der Waals surface area contributed by atoms with Crippen LogP contribution < -0.4 is 0 Å². The highest BCUT2D eigenvalue weighted by atomic mass is 16.6. The number of hydrogen-bond donors (Lipinski definition) is 0. The molecule has 0 aliphatic rings. The predicted octanol–water partition coefficient (Wildman–Crippen LogP) is 6.07. The third kappa shape index (κ3) is 15.2. The maximum atomic E-state index is 11.0. The topological polar surface area (TPSA) is 60.2 Å². The van der Waals surface area contributed by atoms with Gasteiger partial charge in [-0.25, -0.2) is 0 Å². The number of nitro groups is 1. The zero-order valence-corrected chi connectivity index (χ0v) is 15.0. The summed E-state index contributed by atoms with van der Waals surface area (Å²) in [6, 6.07) is 0. The van der Waals surface area contributed by atoms with Gasteiger partial charge in [0.15, 0.2) is 6.29 Å². The number of carbonyl (C=O) groups excluding carboxylic acids is 1. The zero-order chi connectivity index (χ0) is 17.9. The molecule has 0 bridgehead atoms. The van der Waals surface area contributed by atoms with Crippen molar-refractivity contribution in [3.8, 4) is 0 Å². The SMILES string of the molecule is CCCCCCCC/C(=C/C/C=C/C/C=C/CCC[C]=O)[N+](=O)[O-]. The maximum absolute atomic E-state index is 11.0. The molecule has 0 N–H and O–H groups in total. The summed E-state index contributed by atoms with van der Waals surface area (Å²) in [5.74, 6) is 0. The van der Waals surface area contributed by atoms with Crippen molar-refractivity contribution in [2.75, 3.05) is 0 Å². The van der Waals surface area contributed by atoms with E-state index < -0.39 is 0 Å². The highest BCUT2D eigenvalue weighted by molar-refractivity contribution is 5.50. The summed E-state index contributed by atoms with van der Waals surface area (Å²) in [7, 11) is 0. The van der Waals surface area contributed by atoms with Gasteiger partial charge in [-0.1, -0.05) is 63.3 Å². The lowest BCUT2D eigenvalue weighted by molar-refractivity contribution is -0.428. The van der Waals surface area contributed by atoms with Crippen molar-refractivity contribution in [1.29, 1.82) is 0 Å². The second-order valence-corrected chi connectivity index (χ2v) is 5.92. The standard InChI is InChI=1S/C20H32NO3/c1-2-3-4-5-11-14-17-20(21(23)24)18-15-12-9-7-6-8-10-13-16-19-22/h6,8-9,12,18H,2-5,7,10-11,13-17H2,1H3/b8-6+,12-9+,20-18-. The van der Waals surface area contributed by atoms with Crippen LogP contribution in [0.4, 0.5) is 0 Å². The van der Waals surface area contributed by atoms with Crippen molar-refractivity contribution in [3.05, 3.63) is 46.2 Å². The summed E-state index contributed by atoms with van der Waals surface area (Å²) in [5.41, 5.74) is 0.343. The van der Waals surface area contributed by atoms with Gasteiger partial charge in [0.05, 0.1) is 4.92 Å². The molecule has 0 saturated carbocycles. The summed E-state index contributed by atoms with van der Waals surface area (Å²) >= 11 is 0. The Morgan fingerprint density at radius 1 is 0.958 bits per heavy atom. The van der Waals surface area contributed by atoms with Crippen molar-refractivity contribution in [2.24, 2.45) is 0 Å². The van der Waals surface area contributed by atoms with E-state index in [0.717, 1.165) is 32.1 Å². The van der Waals surface area contributed by atoms with Crippen molar-refractivity contribution < 1.29 is 9.72 Å². The Labute approximate surface area is 146 Å². The van der Waals surface area contributed by atoms with Gasteiger partial charge in [-0.3, -0.25) is 14.9 Å². The molecule has 0 aromatic carbocycles. The summed E-state index contributed by atoms with van der Waals surface area (Å²) in [6.45, 7) is 2.18. The van der Waals surface area contributed by atoms with E-state index in [0.29, 0.717) is 25.0 Å². The van der Waals surface area contributed by atoms with Gasteiger partial charge in [0, 0.05) is 12.8 Å². The summed E-state index contributed by atoms with van der Waals surface area (Å²) in [5, 5.41) is 11.0. The molecular formula is C20H32NO3. The first-order valence-corrected chi connectivity index (χ1v) is 9.20. The minimum absolute atomic E-state index is 0.246. The number of nitrogens with zero attached hydrogens (tertiary/aromatic N) is 1. The van der Waals surface area contributed by atoms with E-state index in [9.17, 15) is 14.9 Å². The Morgan fingerprint density at radius 2 is 1.62 bits per heavy atom. The van der Waals surface area contributed by atoms with Crippen molar-refractivity contribution in [1.82, 2.24) is 0 Å². The lowest BCUT2D eigenvalue weighted by atomic mass is 10.1. The molecule has 4 nitrogen and oxygen atoms in total. The fraction of sp³-hybridized carbons (Fsp3) is 0.650. The molecule has 0 unspecified atom stereocenters. The van der Waals surface area contributed by atoms with Gasteiger partial charge in [-0.05, 0) is 38.2 Å². The molecule has 0 aliphatic carbocycles. The van der Waals surface area contributed by atoms with Crippen LogP contribution in [0.5, 0.6) is 0 Å². The molecule has 4 heteroatoms. The minimum Gasteiger partial charge on any atom is -0.291 e. The van der Waals surface area contributed by atoms with E-state index in [4.69, 9.17) is 0 Å². The van der Waals surface area contributed by atoms with Crippen LogP contribution in [0.3, 0.4) is 0 Å². The molecule has 0 saturated heterocycles.